The Morgan fingerprint density at radius 2 is 1.59 bits per heavy atom. The van der Waals surface area contributed by atoms with E-state index in [1.165, 1.54) is 43.2 Å². The predicted octanol–water partition coefficient (Wildman–Crippen LogP) is 6.90. The zero-order chi connectivity index (χ0) is 27.2. The van der Waals surface area contributed by atoms with Gasteiger partial charge in [-0.15, -0.1) is 0 Å². The first-order chi connectivity index (χ1) is 18.8. The van der Waals surface area contributed by atoms with Crippen LogP contribution in [0.25, 0.3) is 11.0 Å². The molecule has 2 bridgehead atoms. The van der Waals surface area contributed by atoms with E-state index in [0.717, 1.165) is 50.2 Å². The summed E-state index contributed by atoms with van der Waals surface area (Å²) in [7, 11) is 0. The molecule has 39 heavy (non-hydrogen) atoms. The minimum absolute atomic E-state index is 0.155. The van der Waals surface area contributed by atoms with E-state index in [1.807, 2.05) is 0 Å². The highest BCUT2D eigenvalue weighted by molar-refractivity contribution is 5.82. The van der Waals surface area contributed by atoms with E-state index in [1.54, 1.807) is 0 Å². The van der Waals surface area contributed by atoms with Gasteiger partial charge in [0.05, 0.1) is 11.0 Å². The number of para-hydroxylation sites is 2. The first-order valence-electron chi connectivity index (χ1n) is 15.4. The Hall–Kier alpha value is -2.66. The van der Waals surface area contributed by atoms with E-state index in [0.29, 0.717) is 24.0 Å². The van der Waals surface area contributed by atoms with Gasteiger partial charge in [0.1, 0.15) is 5.82 Å². The second-order valence-electron chi connectivity index (χ2n) is 13.2. The van der Waals surface area contributed by atoms with Crippen LogP contribution in [0.4, 0.5) is 0 Å². The topological polar surface area (TPSA) is 41.4 Å². The molecule has 1 aromatic heterocycles. The number of hydrogen-bond acceptors (Lipinski definition) is 3. The van der Waals surface area contributed by atoms with E-state index in [-0.39, 0.29) is 10.8 Å². The third-order valence-electron chi connectivity index (χ3n) is 10.7. The number of benzene rings is 2. The van der Waals surface area contributed by atoms with Crippen molar-refractivity contribution in [1.29, 1.82) is 0 Å². The first kappa shape index (κ1) is 26.6. The number of imidazole rings is 1. The molecule has 0 N–H and O–H groups in total. The summed E-state index contributed by atoms with van der Waals surface area (Å²) < 4.78 is 2.54. The molecule has 3 aromatic rings. The highest BCUT2D eigenvalue weighted by Gasteiger charge is 2.44. The molecule has 2 aromatic carbocycles. The first-order valence-corrected chi connectivity index (χ1v) is 15.4. The minimum atomic E-state index is -0.269. The van der Waals surface area contributed by atoms with Gasteiger partial charge in [-0.2, -0.15) is 0 Å². The van der Waals surface area contributed by atoms with E-state index >= 15 is 0 Å². The Balaban J connectivity index is 1.17. The normalized spacial score (nSPS) is 25.3. The van der Waals surface area contributed by atoms with Crippen molar-refractivity contribution in [2.45, 2.75) is 103 Å². The number of likely N-dealkylation sites (tertiary alicyclic amines) is 1. The average Bonchev–Trinajstić information content (AvgIpc) is 3.42. The molecule has 3 aliphatic heterocycles. The third kappa shape index (κ3) is 4.81. The lowest BCUT2D eigenvalue weighted by atomic mass is 9.70. The summed E-state index contributed by atoms with van der Waals surface area (Å²) in [4.78, 5) is 23.1. The summed E-state index contributed by atoms with van der Waals surface area (Å²) in [5.41, 5.74) is 3.77. The zero-order valence-corrected chi connectivity index (χ0v) is 24.4. The highest BCUT2D eigenvalue weighted by Crippen LogP contribution is 2.45. The number of hydrogen-bond donors (Lipinski definition) is 0. The Morgan fingerprint density at radius 1 is 0.949 bits per heavy atom. The molecule has 208 valence electrons. The highest BCUT2D eigenvalue weighted by atomic mass is 16.2. The van der Waals surface area contributed by atoms with Crippen LogP contribution in [0.3, 0.4) is 0 Å². The van der Waals surface area contributed by atoms with Crippen LogP contribution in [0.2, 0.25) is 0 Å². The van der Waals surface area contributed by atoms with Gasteiger partial charge in [0.15, 0.2) is 0 Å². The lowest BCUT2D eigenvalue weighted by Gasteiger charge is -2.46. The number of piperidine rings is 2. The Morgan fingerprint density at radius 3 is 2.26 bits per heavy atom. The molecule has 5 heteroatoms. The molecule has 1 unspecified atom stereocenters. The lowest BCUT2D eigenvalue weighted by molar-refractivity contribution is -0.142. The van der Waals surface area contributed by atoms with Crippen molar-refractivity contribution in [1.82, 2.24) is 19.4 Å². The number of carbonyl (C=O) groups excluding carboxylic acids is 1. The fourth-order valence-electron chi connectivity index (χ4n) is 7.98. The van der Waals surface area contributed by atoms with Crippen molar-refractivity contribution in [3.8, 4) is 0 Å². The summed E-state index contributed by atoms with van der Waals surface area (Å²) in [5.74, 6) is 1.48. The van der Waals surface area contributed by atoms with E-state index in [2.05, 4.69) is 96.7 Å². The average molecular weight is 527 g/mol. The van der Waals surface area contributed by atoms with Crippen molar-refractivity contribution in [3.63, 3.8) is 0 Å². The largest absolute Gasteiger partial charge is 0.342 e. The molecule has 0 radical (unpaired) electrons. The molecule has 0 aliphatic carbocycles. The second-order valence-corrected chi connectivity index (χ2v) is 13.2. The number of carbonyl (C=O) groups is 1. The quantitative estimate of drug-likeness (QED) is 0.336. The van der Waals surface area contributed by atoms with E-state index < -0.39 is 0 Å². The molecule has 5 nitrogen and oxygen atoms in total. The number of aryl methyl sites for hydroxylation is 1. The number of amides is 1. The van der Waals surface area contributed by atoms with Gasteiger partial charge in [-0.3, -0.25) is 9.69 Å². The monoisotopic (exact) mass is 526 g/mol. The van der Waals surface area contributed by atoms with Crippen molar-refractivity contribution >= 4 is 16.9 Å². The fraction of sp³-hybridized carbons (Fsp3) is 0.588. The summed E-state index contributed by atoms with van der Waals surface area (Å²) in [6.45, 7) is 11.4. The van der Waals surface area contributed by atoms with Crippen LogP contribution in [0.1, 0.15) is 89.6 Å². The smallest absolute Gasteiger partial charge is 0.228 e. The summed E-state index contributed by atoms with van der Waals surface area (Å²) >= 11 is 0. The van der Waals surface area contributed by atoms with Crippen molar-refractivity contribution in [3.05, 3.63) is 66.0 Å². The molecular formula is C34H46N4O. The maximum atomic E-state index is 13.2. The summed E-state index contributed by atoms with van der Waals surface area (Å²) in [6, 6.07) is 21.7. The third-order valence-corrected chi connectivity index (χ3v) is 10.7. The summed E-state index contributed by atoms with van der Waals surface area (Å²) in [6.07, 6.45) is 9.29. The summed E-state index contributed by atoms with van der Waals surface area (Å²) in [5, 5.41) is 0. The Labute approximate surface area is 234 Å². The van der Waals surface area contributed by atoms with E-state index in [9.17, 15) is 4.79 Å². The molecule has 3 atom stereocenters. The number of fused-ring (bicyclic) bond motifs is 3. The van der Waals surface area contributed by atoms with Crippen LogP contribution in [0.5, 0.6) is 0 Å². The molecule has 3 aliphatic rings. The van der Waals surface area contributed by atoms with Gasteiger partial charge < -0.3 is 9.47 Å². The maximum Gasteiger partial charge on any atom is 0.228 e. The molecule has 0 saturated carbocycles. The molecule has 1 amide bonds. The van der Waals surface area contributed by atoms with Crippen LogP contribution in [-0.4, -0.2) is 57.0 Å². The number of aromatic nitrogens is 2. The van der Waals surface area contributed by atoms with E-state index in [4.69, 9.17) is 4.98 Å². The van der Waals surface area contributed by atoms with Crippen molar-refractivity contribution in [2.75, 3.05) is 19.6 Å². The van der Waals surface area contributed by atoms with Crippen LogP contribution >= 0.6 is 0 Å². The van der Waals surface area contributed by atoms with Crippen LogP contribution in [0, 0.1) is 12.3 Å². The Bertz CT molecular complexity index is 1290. The van der Waals surface area contributed by atoms with Gasteiger partial charge in [0, 0.05) is 36.6 Å². The number of rotatable bonds is 7. The van der Waals surface area contributed by atoms with Crippen molar-refractivity contribution in [2.24, 2.45) is 5.41 Å². The van der Waals surface area contributed by atoms with Gasteiger partial charge in [-0.25, -0.2) is 4.98 Å². The molecule has 3 saturated heterocycles. The molecular weight excluding hydrogens is 480 g/mol. The second kappa shape index (κ2) is 10.4. The van der Waals surface area contributed by atoms with Gasteiger partial charge in [-0.1, -0.05) is 63.2 Å². The zero-order valence-electron chi connectivity index (χ0n) is 24.4. The standard InChI is InChI=1S/C34H46N4O/c1-5-33(3,4)32(39)36-20-17-34(18-21-36,26-11-7-6-8-12-26)19-22-37-27-15-16-28(37)24-29(23-27)38-25(2)35-30-13-9-10-14-31(30)38/h6-14,27-29H,5,15-24H2,1-4H3/t27-,28+,29?. The van der Waals surface area contributed by atoms with Gasteiger partial charge >= 0.3 is 0 Å². The van der Waals surface area contributed by atoms with Crippen LogP contribution in [0.15, 0.2) is 54.6 Å². The minimum Gasteiger partial charge on any atom is -0.342 e. The van der Waals surface area contributed by atoms with Gasteiger partial charge in [-0.05, 0) is 87.9 Å². The van der Waals surface area contributed by atoms with Crippen LogP contribution in [-0.2, 0) is 10.2 Å². The van der Waals surface area contributed by atoms with Crippen molar-refractivity contribution < 1.29 is 4.79 Å². The number of nitrogens with zero attached hydrogens (tertiary/aromatic N) is 4. The van der Waals surface area contributed by atoms with Gasteiger partial charge in [0.25, 0.3) is 0 Å². The lowest BCUT2D eigenvalue weighted by Crippen LogP contribution is -2.51. The molecule has 4 heterocycles. The predicted molar refractivity (Wildman–Crippen MR) is 159 cm³/mol. The Kier molecular flexibility index (Phi) is 7.07. The fourth-order valence-corrected chi connectivity index (χ4v) is 7.98. The molecule has 3 fully saturated rings. The maximum absolute atomic E-state index is 13.2. The molecule has 6 rings (SSSR count). The van der Waals surface area contributed by atoms with Crippen LogP contribution < -0.4 is 0 Å². The SMILES string of the molecule is CCC(C)(C)C(=O)N1CCC(CCN2[C@@H]3CC[C@H]2CC(n2c(C)nc4ccccc42)C3)(c2ccccc2)CC1. The van der Waals surface area contributed by atoms with Gasteiger partial charge in [0.2, 0.25) is 5.91 Å². The molecule has 0 spiro atoms.